The molecule has 2 atom stereocenters. The van der Waals surface area contributed by atoms with E-state index in [9.17, 15) is 13.2 Å². The molecule has 3 aliphatic rings. The van der Waals surface area contributed by atoms with Gasteiger partial charge >= 0.3 is 0 Å². The van der Waals surface area contributed by atoms with Crippen molar-refractivity contribution in [3.05, 3.63) is 29.8 Å². The first-order valence-electron chi connectivity index (χ1n) is 9.51. The number of carbonyl (C=O) groups excluding carboxylic acids is 1. The van der Waals surface area contributed by atoms with Gasteiger partial charge in [-0.05, 0) is 43.7 Å². The number of nitrogens with one attached hydrogen (secondary N) is 1. The van der Waals surface area contributed by atoms with Crippen molar-refractivity contribution in [1.82, 2.24) is 14.5 Å². The van der Waals surface area contributed by atoms with Gasteiger partial charge in [-0.15, -0.1) is 12.4 Å². The molecule has 6 nitrogen and oxygen atoms in total. The Morgan fingerprint density at radius 3 is 2.15 bits per heavy atom. The van der Waals surface area contributed by atoms with E-state index in [1.807, 2.05) is 24.0 Å². The second kappa shape index (κ2) is 8.07. The molecule has 0 saturated carbocycles. The standard InChI is InChI=1S/C19H27N3O3S.ClH/c1-14-2-4-18(5-3-14)26(24,25)22-8-6-15(7-9-22)19(23)21-12-16-10-20-11-17(16)13-21;/h2-5,15-17,20H,6-13H2,1H3;1H/t16-,17+;. The number of hydrogen-bond acceptors (Lipinski definition) is 4. The van der Waals surface area contributed by atoms with Gasteiger partial charge in [-0.1, -0.05) is 17.7 Å². The van der Waals surface area contributed by atoms with Gasteiger partial charge in [-0.25, -0.2) is 8.42 Å². The predicted octanol–water partition coefficient (Wildman–Crippen LogP) is 1.50. The summed E-state index contributed by atoms with van der Waals surface area (Å²) in [7, 11) is -3.46. The predicted molar refractivity (Wildman–Crippen MR) is 106 cm³/mol. The number of piperidine rings is 1. The summed E-state index contributed by atoms with van der Waals surface area (Å²) in [4.78, 5) is 15.2. The maximum absolute atomic E-state index is 12.8. The van der Waals surface area contributed by atoms with Gasteiger partial charge < -0.3 is 10.2 Å². The number of hydrogen-bond donors (Lipinski definition) is 1. The Labute approximate surface area is 167 Å². The van der Waals surface area contributed by atoms with Crippen LogP contribution in [0.5, 0.6) is 0 Å². The largest absolute Gasteiger partial charge is 0.342 e. The molecule has 4 rings (SSSR count). The van der Waals surface area contributed by atoms with Gasteiger partial charge in [0.1, 0.15) is 0 Å². The minimum Gasteiger partial charge on any atom is -0.342 e. The average Bonchev–Trinajstić information content (AvgIpc) is 3.23. The monoisotopic (exact) mass is 413 g/mol. The fourth-order valence-electron chi connectivity index (χ4n) is 4.50. The first-order valence-corrected chi connectivity index (χ1v) is 11.0. The van der Waals surface area contributed by atoms with E-state index in [1.165, 1.54) is 4.31 Å². The van der Waals surface area contributed by atoms with Crippen LogP contribution >= 0.6 is 12.4 Å². The topological polar surface area (TPSA) is 69.7 Å². The maximum atomic E-state index is 12.8. The van der Waals surface area contributed by atoms with E-state index in [4.69, 9.17) is 0 Å². The van der Waals surface area contributed by atoms with Gasteiger partial charge in [0.25, 0.3) is 0 Å². The number of sulfonamides is 1. The van der Waals surface area contributed by atoms with Crippen molar-refractivity contribution in [2.24, 2.45) is 17.8 Å². The van der Waals surface area contributed by atoms with Crippen molar-refractivity contribution in [2.75, 3.05) is 39.3 Å². The van der Waals surface area contributed by atoms with E-state index < -0.39 is 10.0 Å². The third-order valence-electron chi connectivity index (χ3n) is 6.16. The molecule has 0 spiro atoms. The maximum Gasteiger partial charge on any atom is 0.243 e. The van der Waals surface area contributed by atoms with Crippen LogP contribution < -0.4 is 5.32 Å². The lowest BCUT2D eigenvalue weighted by Gasteiger charge is -2.32. The van der Waals surface area contributed by atoms with Crippen molar-refractivity contribution >= 4 is 28.3 Å². The van der Waals surface area contributed by atoms with Crippen LogP contribution in [0.15, 0.2) is 29.2 Å². The van der Waals surface area contributed by atoms with Crippen LogP contribution in [0.2, 0.25) is 0 Å². The van der Waals surface area contributed by atoms with Crippen LogP contribution in [0.3, 0.4) is 0 Å². The molecule has 0 aliphatic carbocycles. The van der Waals surface area contributed by atoms with Gasteiger partial charge in [0.05, 0.1) is 4.90 Å². The molecule has 0 radical (unpaired) electrons. The first-order chi connectivity index (χ1) is 12.4. The molecular weight excluding hydrogens is 386 g/mol. The van der Waals surface area contributed by atoms with Crippen molar-refractivity contribution in [1.29, 1.82) is 0 Å². The van der Waals surface area contributed by atoms with Crippen LogP contribution in [0, 0.1) is 24.7 Å². The van der Waals surface area contributed by atoms with E-state index in [0.717, 1.165) is 31.7 Å². The van der Waals surface area contributed by atoms with E-state index in [1.54, 1.807) is 12.1 Å². The van der Waals surface area contributed by atoms with Crippen LogP contribution in [-0.4, -0.2) is 62.8 Å². The van der Waals surface area contributed by atoms with Gasteiger partial charge in [-0.2, -0.15) is 4.31 Å². The summed E-state index contributed by atoms with van der Waals surface area (Å²) in [5, 5.41) is 3.39. The number of nitrogens with zero attached hydrogens (tertiary/aromatic N) is 2. The Morgan fingerprint density at radius 1 is 1.04 bits per heavy atom. The molecule has 1 aromatic carbocycles. The molecular formula is C19H28ClN3O3S. The number of aryl methyl sites for hydroxylation is 1. The smallest absolute Gasteiger partial charge is 0.243 e. The lowest BCUT2D eigenvalue weighted by Crippen LogP contribution is -2.44. The Bertz CT molecular complexity index is 764. The Hall–Kier alpha value is -1.15. The Balaban J connectivity index is 0.00000210. The van der Waals surface area contributed by atoms with Crippen LogP contribution in [0.4, 0.5) is 0 Å². The minimum absolute atomic E-state index is 0. The van der Waals surface area contributed by atoms with Crippen LogP contribution in [0.1, 0.15) is 18.4 Å². The molecule has 1 N–H and O–H groups in total. The summed E-state index contributed by atoms with van der Waals surface area (Å²) in [6.45, 7) is 6.54. The summed E-state index contributed by atoms with van der Waals surface area (Å²) >= 11 is 0. The molecule has 3 saturated heterocycles. The van der Waals surface area contributed by atoms with Crippen molar-refractivity contribution in [2.45, 2.75) is 24.7 Å². The Kier molecular flexibility index (Phi) is 6.15. The highest BCUT2D eigenvalue weighted by atomic mass is 35.5. The fraction of sp³-hybridized carbons (Fsp3) is 0.632. The van der Waals surface area contributed by atoms with Crippen molar-refractivity contribution < 1.29 is 13.2 Å². The third-order valence-corrected chi connectivity index (χ3v) is 8.08. The van der Waals surface area contributed by atoms with Crippen molar-refractivity contribution in [3.8, 4) is 0 Å². The van der Waals surface area contributed by atoms with Crippen LogP contribution in [-0.2, 0) is 14.8 Å². The normalized spacial score (nSPS) is 26.6. The second-order valence-electron chi connectivity index (χ2n) is 7.91. The second-order valence-corrected chi connectivity index (χ2v) is 9.85. The van der Waals surface area contributed by atoms with Gasteiger partial charge in [0.15, 0.2) is 0 Å². The fourth-order valence-corrected chi connectivity index (χ4v) is 5.97. The quantitative estimate of drug-likeness (QED) is 0.815. The summed E-state index contributed by atoms with van der Waals surface area (Å²) in [6.07, 6.45) is 1.24. The average molecular weight is 414 g/mol. The molecule has 8 heteroatoms. The molecule has 0 bridgehead atoms. The summed E-state index contributed by atoms with van der Waals surface area (Å²) < 4.78 is 27.1. The van der Waals surface area contributed by atoms with Crippen molar-refractivity contribution in [3.63, 3.8) is 0 Å². The number of fused-ring (bicyclic) bond motifs is 1. The molecule has 3 heterocycles. The first kappa shape index (κ1) is 20.6. The highest BCUT2D eigenvalue weighted by molar-refractivity contribution is 7.89. The van der Waals surface area contributed by atoms with Gasteiger partial charge in [0.2, 0.25) is 15.9 Å². The van der Waals surface area contributed by atoms with Gasteiger partial charge in [0, 0.05) is 45.2 Å². The highest BCUT2D eigenvalue weighted by Gasteiger charge is 2.41. The number of halogens is 1. The zero-order valence-electron chi connectivity index (χ0n) is 15.6. The van der Waals surface area contributed by atoms with Crippen LogP contribution in [0.25, 0.3) is 0 Å². The molecule has 3 aliphatic heterocycles. The third kappa shape index (κ3) is 4.01. The number of benzene rings is 1. The molecule has 150 valence electrons. The Morgan fingerprint density at radius 2 is 1.59 bits per heavy atom. The molecule has 27 heavy (non-hydrogen) atoms. The van der Waals surface area contributed by atoms with Gasteiger partial charge in [-0.3, -0.25) is 4.79 Å². The molecule has 0 aromatic heterocycles. The molecule has 1 amide bonds. The lowest BCUT2D eigenvalue weighted by atomic mass is 9.96. The van der Waals surface area contributed by atoms with E-state index in [0.29, 0.717) is 42.7 Å². The number of carbonyl (C=O) groups is 1. The SMILES string of the molecule is Cc1ccc(S(=O)(=O)N2CCC(C(=O)N3C[C@H]4CNC[C@H]4C3)CC2)cc1.Cl. The molecule has 1 aromatic rings. The van der Waals surface area contributed by atoms with E-state index in [2.05, 4.69) is 5.32 Å². The summed E-state index contributed by atoms with van der Waals surface area (Å²) in [6, 6.07) is 6.97. The summed E-state index contributed by atoms with van der Waals surface area (Å²) in [5.74, 6) is 1.39. The van der Waals surface area contributed by atoms with E-state index >= 15 is 0 Å². The molecule has 0 unspecified atom stereocenters. The van der Waals surface area contributed by atoms with E-state index in [-0.39, 0.29) is 24.2 Å². The lowest BCUT2D eigenvalue weighted by molar-refractivity contribution is -0.135. The molecule has 3 fully saturated rings. The minimum atomic E-state index is -3.46. The zero-order chi connectivity index (χ0) is 18.3. The highest BCUT2D eigenvalue weighted by Crippen LogP contribution is 2.30. The number of amides is 1. The zero-order valence-corrected chi connectivity index (χ0v) is 17.3. The number of likely N-dealkylation sites (tertiary alicyclic amines) is 1. The summed E-state index contributed by atoms with van der Waals surface area (Å²) in [5.41, 5.74) is 1.04. The number of rotatable bonds is 3.